The number of ether oxygens (including phenoxy) is 1. The topological polar surface area (TPSA) is 18.5 Å². The largest absolute Gasteiger partial charge is 0.398 e. The van der Waals surface area contributed by atoms with Gasteiger partial charge in [0.05, 0.1) is 19.3 Å². The summed E-state index contributed by atoms with van der Waals surface area (Å²) in [6.45, 7) is 11.6. The van der Waals surface area contributed by atoms with Crippen molar-refractivity contribution in [1.82, 2.24) is 0 Å². The normalized spacial score (nSPS) is 12.7. The molecule has 3 aromatic rings. The highest BCUT2D eigenvalue weighted by Gasteiger charge is 2.39. The van der Waals surface area contributed by atoms with E-state index in [-0.39, 0.29) is 6.10 Å². The fraction of sp³-hybridized carbons (Fsp3) is 0.294. The summed E-state index contributed by atoms with van der Waals surface area (Å²) in [5.74, 6) is 0. The second-order valence-electron chi connectivity index (χ2n) is 9.48. The quantitative estimate of drug-likeness (QED) is 0.106. The molecule has 194 valence electrons. The first-order chi connectivity index (χ1) is 18.2. The molecule has 3 aromatic carbocycles. The molecule has 0 bridgehead atoms. The molecular formula is C34H42O2Si. The van der Waals surface area contributed by atoms with Crippen molar-refractivity contribution in [3.05, 3.63) is 133 Å². The van der Waals surface area contributed by atoms with Gasteiger partial charge in [0, 0.05) is 0 Å². The number of rotatable bonds is 17. The lowest BCUT2D eigenvalue weighted by Crippen LogP contribution is -2.61. The lowest BCUT2D eigenvalue weighted by molar-refractivity contribution is 0.141. The van der Waals surface area contributed by atoms with E-state index in [9.17, 15) is 0 Å². The van der Waals surface area contributed by atoms with E-state index in [1.807, 2.05) is 30.4 Å². The molecule has 3 rings (SSSR count). The zero-order chi connectivity index (χ0) is 26.2. The summed E-state index contributed by atoms with van der Waals surface area (Å²) < 4.78 is 13.4. The molecule has 0 saturated heterocycles. The highest BCUT2D eigenvalue weighted by Crippen LogP contribution is 2.21. The smallest absolute Gasteiger partial charge is 0.281 e. The Labute approximate surface area is 225 Å². The Morgan fingerprint density at radius 1 is 0.811 bits per heavy atom. The van der Waals surface area contributed by atoms with Crippen LogP contribution in [0.2, 0.25) is 0 Å². The first-order valence-electron chi connectivity index (χ1n) is 13.6. The Kier molecular flexibility index (Phi) is 12.3. The van der Waals surface area contributed by atoms with E-state index in [2.05, 4.69) is 98.6 Å². The van der Waals surface area contributed by atoms with Gasteiger partial charge in [-0.1, -0.05) is 141 Å². The maximum Gasteiger partial charge on any atom is 0.281 e. The molecule has 0 aliphatic heterocycles. The molecule has 0 spiro atoms. The molecule has 1 atom stereocenters. The summed E-state index contributed by atoms with van der Waals surface area (Å²) in [6, 6.07) is 31.8. The van der Waals surface area contributed by atoms with Gasteiger partial charge in [-0.25, -0.2) is 0 Å². The fourth-order valence-corrected chi connectivity index (χ4v) is 8.47. The van der Waals surface area contributed by atoms with E-state index in [1.54, 1.807) is 0 Å². The maximum atomic E-state index is 7.24. The van der Waals surface area contributed by atoms with E-state index in [1.165, 1.54) is 40.8 Å². The van der Waals surface area contributed by atoms with Crippen molar-refractivity contribution in [1.29, 1.82) is 0 Å². The summed E-state index contributed by atoms with van der Waals surface area (Å²) >= 11 is 0. The molecule has 37 heavy (non-hydrogen) atoms. The van der Waals surface area contributed by atoms with E-state index in [0.29, 0.717) is 13.2 Å². The summed E-state index contributed by atoms with van der Waals surface area (Å²) in [4.78, 5) is 0. The van der Waals surface area contributed by atoms with Gasteiger partial charge in [0.1, 0.15) is 0 Å². The minimum atomic E-state index is -2.79. The second kappa shape index (κ2) is 16.0. The molecule has 0 saturated carbocycles. The lowest BCUT2D eigenvalue weighted by Gasteiger charge is -2.34. The molecule has 0 N–H and O–H groups in total. The van der Waals surface area contributed by atoms with Crippen LogP contribution in [-0.4, -0.2) is 21.0 Å². The average molecular weight is 511 g/mol. The monoisotopic (exact) mass is 510 g/mol. The zero-order valence-corrected chi connectivity index (χ0v) is 23.4. The molecule has 0 aromatic heterocycles. The molecule has 3 heteroatoms. The highest BCUT2D eigenvalue weighted by molar-refractivity contribution is 7.01. The van der Waals surface area contributed by atoms with Gasteiger partial charge in [-0.05, 0) is 34.4 Å². The van der Waals surface area contributed by atoms with Crippen molar-refractivity contribution in [2.75, 3.05) is 6.61 Å². The molecule has 0 unspecified atom stereocenters. The van der Waals surface area contributed by atoms with Gasteiger partial charge in [0.25, 0.3) is 8.32 Å². The molecule has 0 heterocycles. The maximum absolute atomic E-state index is 7.24. The first kappa shape index (κ1) is 28.6. The SMILES string of the molecule is C=CC/C(=C/[Si](O[C@H](C=C)CCCCCC)(c1ccccc1)c1ccccc1)COCc1ccccc1. The minimum absolute atomic E-state index is 0.0181. The van der Waals surface area contributed by atoms with Gasteiger partial charge < -0.3 is 9.16 Å². The predicted molar refractivity (Wildman–Crippen MR) is 161 cm³/mol. The van der Waals surface area contributed by atoms with Crippen LogP contribution in [-0.2, 0) is 15.8 Å². The number of hydrogen-bond acceptors (Lipinski definition) is 2. The van der Waals surface area contributed by atoms with Crippen LogP contribution in [0, 0.1) is 0 Å². The van der Waals surface area contributed by atoms with Crippen LogP contribution in [0.3, 0.4) is 0 Å². The molecule has 0 fully saturated rings. The van der Waals surface area contributed by atoms with E-state index < -0.39 is 8.32 Å². The molecule has 0 amide bonds. The molecular weight excluding hydrogens is 468 g/mol. The minimum Gasteiger partial charge on any atom is -0.398 e. The predicted octanol–water partition coefficient (Wildman–Crippen LogP) is 7.55. The Bertz CT molecular complexity index is 1040. The van der Waals surface area contributed by atoms with Gasteiger partial charge in [-0.15, -0.1) is 13.2 Å². The van der Waals surface area contributed by atoms with Crippen LogP contribution in [0.5, 0.6) is 0 Å². The summed E-state index contributed by atoms with van der Waals surface area (Å²) in [6.07, 6.45) is 10.5. The highest BCUT2D eigenvalue weighted by atomic mass is 28.4. The summed E-state index contributed by atoms with van der Waals surface area (Å²) in [5.41, 5.74) is 4.76. The number of unbranched alkanes of at least 4 members (excludes halogenated alkanes) is 3. The fourth-order valence-electron chi connectivity index (χ4n) is 4.62. The molecule has 0 radical (unpaired) electrons. The average Bonchev–Trinajstić information content (AvgIpc) is 2.95. The van der Waals surface area contributed by atoms with Crippen molar-refractivity contribution in [3.63, 3.8) is 0 Å². The van der Waals surface area contributed by atoms with Crippen LogP contribution >= 0.6 is 0 Å². The van der Waals surface area contributed by atoms with E-state index in [0.717, 1.165) is 19.3 Å². The Morgan fingerprint density at radius 3 is 1.95 bits per heavy atom. The number of allylic oxidation sites excluding steroid dienone is 1. The first-order valence-corrected chi connectivity index (χ1v) is 15.5. The van der Waals surface area contributed by atoms with E-state index >= 15 is 0 Å². The third-order valence-corrected chi connectivity index (χ3v) is 10.4. The van der Waals surface area contributed by atoms with Crippen LogP contribution < -0.4 is 10.4 Å². The van der Waals surface area contributed by atoms with Crippen molar-refractivity contribution < 1.29 is 9.16 Å². The van der Waals surface area contributed by atoms with Crippen molar-refractivity contribution in [3.8, 4) is 0 Å². The van der Waals surface area contributed by atoms with Gasteiger partial charge in [-0.3, -0.25) is 0 Å². The van der Waals surface area contributed by atoms with Gasteiger partial charge in [0.2, 0.25) is 0 Å². The molecule has 2 nitrogen and oxygen atoms in total. The number of hydrogen-bond donors (Lipinski definition) is 0. The lowest BCUT2D eigenvalue weighted by atomic mass is 10.1. The third kappa shape index (κ3) is 8.82. The van der Waals surface area contributed by atoms with Crippen LogP contribution in [0.15, 0.2) is 128 Å². The zero-order valence-electron chi connectivity index (χ0n) is 22.4. The standard InChI is InChI=1S/C34H42O2Si/c1-4-7-8-14-22-32(6-3)36-37(33-23-15-10-16-24-33,34-25-17-11-18-26-34)29-31(19-5-2)28-35-27-30-20-12-9-13-21-30/h5-6,9-13,15-18,20-21,23-26,29,32H,2-4,7-8,14,19,22,27-28H2,1H3/b31-29-/t32-/m1/s1. The summed E-state index contributed by atoms with van der Waals surface area (Å²) in [7, 11) is -2.79. The van der Waals surface area contributed by atoms with Crippen molar-refractivity contribution in [2.45, 2.75) is 58.2 Å². The Hall–Kier alpha value is -2.98. The summed E-state index contributed by atoms with van der Waals surface area (Å²) in [5, 5.41) is 2.46. The Morgan fingerprint density at radius 2 is 1.41 bits per heavy atom. The van der Waals surface area contributed by atoms with Gasteiger partial charge in [-0.2, -0.15) is 0 Å². The van der Waals surface area contributed by atoms with Gasteiger partial charge in [0.15, 0.2) is 0 Å². The second-order valence-corrected chi connectivity index (χ2v) is 12.6. The van der Waals surface area contributed by atoms with E-state index in [4.69, 9.17) is 9.16 Å². The molecule has 0 aliphatic carbocycles. The van der Waals surface area contributed by atoms with Crippen LogP contribution in [0.1, 0.15) is 51.0 Å². The molecule has 0 aliphatic rings. The van der Waals surface area contributed by atoms with Crippen molar-refractivity contribution >= 4 is 18.7 Å². The van der Waals surface area contributed by atoms with Crippen molar-refractivity contribution in [2.24, 2.45) is 0 Å². The van der Waals surface area contributed by atoms with Crippen LogP contribution in [0.4, 0.5) is 0 Å². The van der Waals surface area contributed by atoms with Crippen LogP contribution in [0.25, 0.3) is 0 Å². The number of benzene rings is 3. The van der Waals surface area contributed by atoms with Gasteiger partial charge >= 0.3 is 0 Å². The third-order valence-electron chi connectivity index (χ3n) is 6.56. The Balaban J connectivity index is 2.00.